The third-order valence-electron chi connectivity index (χ3n) is 2.86. The summed E-state index contributed by atoms with van der Waals surface area (Å²) in [6.07, 6.45) is 2.54. The summed E-state index contributed by atoms with van der Waals surface area (Å²) in [5.41, 5.74) is 2.19. The van der Waals surface area contributed by atoms with E-state index in [4.69, 9.17) is 4.74 Å². The van der Waals surface area contributed by atoms with Gasteiger partial charge in [0.25, 0.3) is 0 Å². The number of aromatic nitrogens is 2. The predicted octanol–water partition coefficient (Wildman–Crippen LogP) is 2.57. The first-order chi connectivity index (χ1) is 9.79. The number of ether oxygens (including phenoxy) is 1. The molecule has 0 fully saturated rings. The molecule has 2 aromatic rings. The van der Waals surface area contributed by atoms with Crippen LogP contribution in [0.4, 0.5) is 0 Å². The van der Waals surface area contributed by atoms with Gasteiger partial charge in [-0.3, -0.25) is 0 Å². The van der Waals surface area contributed by atoms with E-state index in [-0.39, 0.29) is 0 Å². The average molecular weight is 336 g/mol. The lowest BCUT2D eigenvalue weighted by Crippen LogP contribution is -2.19. The topological polar surface area (TPSA) is 47.0 Å². The molecule has 5 heteroatoms. The van der Waals surface area contributed by atoms with E-state index in [2.05, 4.69) is 37.3 Å². The maximum Gasteiger partial charge on any atom is 0.132 e. The standard InChI is InChI=1S/C15H18BrN3O/c1-20-9-8-17-11-13-6-7-18-15(19-13)10-12-4-2-3-5-14(12)16/h2-7,17H,8-11H2,1H3. The minimum atomic E-state index is 0.703. The zero-order chi connectivity index (χ0) is 14.2. The van der Waals surface area contributed by atoms with E-state index in [1.165, 1.54) is 5.56 Å². The summed E-state index contributed by atoms with van der Waals surface area (Å²) in [5.74, 6) is 0.836. The summed E-state index contributed by atoms with van der Waals surface area (Å²) in [5, 5.41) is 3.28. The third kappa shape index (κ3) is 4.67. The van der Waals surface area contributed by atoms with Crippen molar-refractivity contribution < 1.29 is 4.74 Å². The van der Waals surface area contributed by atoms with Crippen LogP contribution >= 0.6 is 15.9 Å². The number of halogens is 1. The van der Waals surface area contributed by atoms with Crippen molar-refractivity contribution in [3.63, 3.8) is 0 Å². The highest BCUT2D eigenvalue weighted by molar-refractivity contribution is 9.10. The number of hydrogen-bond acceptors (Lipinski definition) is 4. The molecule has 4 nitrogen and oxygen atoms in total. The molecule has 1 heterocycles. The lowest BCUT2D eigenvalue weighted by Gasteiger charge is -2.06. The van der Waals surface area contributed by atoms with Crippen LogP contribution in [-0.2, 0) is 17.7 Å². The SMILES string of the molecule is COCCNCc1ccnc(Cc2ccccc2Br)n1. The van der Waals surface area contributed by atoms with Gasteiger partial charge in [-0.05, 0) is 17.7 Å². The molecule has 0 saturated heterocycles. The Bertz CT molecular complexity index is 548. The zero-order valence-electron chi connectivity index (χ0n) is 11.5. The van der Waals surface area contributed by atoms with Crippen LogP contribution < -0.4 is 5.32 Å². The van der Waals surface area contributed by atoms with Gasteiger partial charge < -0.3 is 10.1 Å². The number of rotatable bonds is 7. The summed E-state index contributed by atoms with van der Waals surface area (Å²) < 4.78 is 6.09. The monoisotopic (exact) mass is 335 g/mol. The maximum atomic E-state index is 5.00. The Morgan fingerprint density at radius 3 is 2.90 bits per heavy atom. The molecule has 0 aliphatic carbocycles. The fourth-order valence-electron chi connectivity index (χ4n) is 1.83. The molecule has 1 aromatic heterocycles. The molecule has 0 amide bonds. The first-order valence-corrected chi connectivity index (χ1v) is 7.33. The van der Waals surface area contributed by atoms with Crippen molar-refractivity contribution in [2.45, 2.75) is 13.0 Å². The molecule has 0 aliphatic heterocycles. The number of nitrogens with zero attached hydrogens (tertiary/aromatic N) is 2. The van der Waals surface area contributed by atoms with Crippen molar-refractivity contribution in [1.29, 1.82) is 0 Å². The highest BCUT2D eigenvalue weighted by atomic mass is 79.9. The lowest BCUT2D eigenvalue weighted by atomic mass is 10.1. The van der Waals surface area contributed by atoms with Gasteiger partial charge in [-0.2, -0.15) is 0 Å². The molecule has 1 aromatic carbocycles. The second-order valence-electron chi connectivity index (χ2n) is 4.40. The second kappa shape index (κ2) is 8.09. The van der Waals surface area contributed by atoms with Gasteiger partial charge in [-0.25, -0.2) is 9.97 Å². The largest absolute Gasteiger partial charge is 0.383 e. The van der Waals surface area contributed by atoms with Crippen molar-refractivity contribution in [3.8, 4) is 0 Å². The van der Waals surface area contributed by atoms with Gasteiger partial charge in [0.2, 0.25) is 0 Å². The molecule has 0 bridgehead atoms. The van der Waals surface area contributed by atoms with Gasteiger partial charge in [0.15, 0.2) is 0 Å². The van der Waals surface area contributed by atoms with Crippen LogP contribution in [0.2, 0.25) is 0 Å². The van der Waals surface area contributed by atoms with Crippen LogP contribution in [0, 0.1) is 0 Å². The van der Waals surface area contributed by atoms with Crippen molar-refractivity contribution in [2.24, 2.45) is 0 Å². The average Bonchev–Trinajstić information content (AvgIpc) is 2.47. The summed E-state index contributed by atoms with van der Waals surface area (Å²) in [6, 6.07) is 10.1. The quantitative estimate of drug-likeness (QED) is 0.790. The third-order valence-corrected chi connectivity index (χ3v) is 3.63. The number of benzene rings is 1. The molecule has 20 heavy (non-hydrogen) atoms. The summed E-state index contributed by atoms with van der Waals surface area (Å²) in [7, 11) is 1.70. The molecule has 1 N–H and O–H groups in total. The van der Waals surface area contributed by atoms with E-state index in [9.17, 15) is 0 Å². The van der Waals surface area contributed by atoms with Crippen LogP contribution in [-0.4, -0.2) is 30.2 Å². The Morgan fingerprint density at radius 1 is 1.25 bits per heavy atom. The highest BCUT2D eigenvalue weighted by Gasteiger charge is 2.04. The first kappa shape index (κ1) is 15.1. The highest BCUT2D eigenvalue weighted by Crippen LogP contribution is 2.18. The Hall–Kier alpha value is -1.30. The van der Waals surface area contributed by atoms with E-state index in [0.717, 1.165) is 35.5 Å². The van der Waals surface area contributed by atoms with Crippen LogP contribution in [0.25, 0.3) is 0 Å². The van der Waals surface area contributed by atoms with E-state index in [1.54, 1.807) is 7.11 Å². The van der Waals surface area contributed by atoms with Crippen LogP contribution in [0.5, 0.6) is 0 Å². The van der Waals surface area contributed by atoms with Crippen molar-refractivity contribution >= 4 is 15.9 Å². The Kier molecular flexibility index (Phi) is 6.11. The molecule has 106 valence electrons. The lowest BCUT2D eigenvalue weighted by molar-refractivity contribution is 0.199. The van der Waals surface area contributed by atoms with E-state index in [1.807, 2.05) is 30.5 Å². The number of nitrogens with one attached hydrogen (secondary N) is 1. The van der Waals surface area contributed by atoms with Crippen molar-refractivity contribution in [2.75, 3.05) is 20.3 Å². The van der Waals surface area contributed by atoms with Crippen molar-refractivity contribution in [3.05, 3.63) is 58.1 Å². The Labute approximate surface area is 127 Å². The Morgan fingerprint density at radius 2 is 2.10 bits per heavy atom. The summed E-state index contributed by atoms with van der Waals surface area (Å²) in [4.78, 5) is 8.91. The van der Waals surface area contributed by atoms with E-state index >= 15 is 0 Å². The smallest absolute Gasteiger partial charge is 0.132 e. The minimum absolute atomic E-state index is 0.703. The predicted molar refractivity (Wildman–Crippen MR) is 82.6 cm³/mol. The van der Waals surface area contributed by atoms with Gasteiger partial charge in [-0.1, -0.05) is 34.1 Å². The molecular formula is C15H18BrN3O. The first-order valence-electron chi connectivity index (χ1n) is 6.53. The molecule has 0 unspecified atom stereocenters. The fraction of sp³-hybridized carbons (Fsp3) is 0.333. The van der Waals surface area contributed by atoms with E-state index < -0.39 is 0 Å². The second-order valence-corrected chi connectivity index (χ2v) is 5.26. The van der Waals surface area contributed by atoms with E-state index in [0.29, 0.717) is 6.61 Å². The van der Waals surface area contributed by atoms with Gasteiger partial charge in [0, 0.05) is 37.3 Å². The molecule has 2 rings (SSSR count). The van der Waals surface area contributed by atoms with Crippen LogP contribution in [0.3, 0.4) is 0 Å². The maximum absolute atomic E-state index is 5.00. The zero-order valence-corrected chi connectivity index (χ0v) is 13.1. The van der Waals surface area contributed by atoms with Gasteiger partial charge in [0.1, 0.15) is 5.82 Å². The molecule has 0 atom stereocenters. The van der Waals surface area contributed by atoms with Crippen molar-refractivity contribution in [1.82, 2.24) is 15.3 Å². The fourth-order valence-corrected chi connectivity index (χ4v) is 2.25. The number of methoxy groups -OCH3 is 1. The van der Waals surface area contributed by atoms with Gasteiger partial charge >= 0.3 is 0 Å². The molecule has 0 spiro atoms. The summed E-state index contributed by atoms with van der Waals surface area (Å²) >= 11 is 3.55. The number of hydrogen-bond donors (Lipinski definition) is 1. The molecule has 0 saturated carbocycles. The van der Waals surface area contributed by atoms with Gasteiger partial charge in [0.05, 0.1) is 12.3 Å². The minimum Gasteiger partial charge on any atom is -0.383 e. The van der Waals surface area contributed by atoms with Crippen LogP contribution in [0.1, 0.15) is 17.1 Å². The normalized spacial score (nSPS) is 10.7. The van der Waals surface area contributed by atoms with Gasteiger partial charge in [-0.15, -0.1) is 0 Å². The molecular weight excluding hydrogens is 318 g/mol. The van der Waals surface area contributed by atoms with Crippen LogP contribution in [0.15, 0.2) is 41.0 Å². The Balaban J connectivity index is 1.97. The molecule has 0 radical (unpaired) electrons. The summed E-state index contributed by atoms with van der Waals surface area (Å²) in [6.45, 7) is 2.25. The molecule has 0 aliphatic rings.